The Balaban J connectivity index is 1.92. The number of hydrogen-bond donors (Lipinski definition) is 0. The van der Waals surface area contributed by atoms with Crippen molar-refractivity contribution >= 4 is 6.29 Å². The van der Waals surface area contributed by atoms with E-state index >= 15 is 0 Å². The Hall–Kier alpha value is -1.23. The highest BCUT2D eigenvalue weighted by molar-refractivity contribution is 5.56. The van der Waals surface area contributed by atoms with E-state index in [0.717, 1.165) is 11.8 Å². The summed E-state index contributed by atoms with van der Waals surface area (Å²) in [5.41, 5.74) is 0.953. The topological polar surface area (TPSA) is 44.8 Å². The van der Waals surface area contributed by atoms with Crippen LogP contribution in [0.15, 0.2) is 30.3 Å². The first-order valence-corrected chi connectivity index (χ1v) is 7.75. The van der Waals surface area contributed by atoms with E-state index in [0.29, 0.717) is 19.6 Å². The summed E-state index contributed by atoms with van der Waals surface area (Å²) in [6.07, 6.45) is 0.927. The van der Waals surface area contributed by atoms with Gasteiger partial charge in [-0.2, -0.15) is 0 Å². The van der Waals surface area contributed by atoms with E-state index in [1.807, 2.05) is 44.2 Å². The standard InChI is InChI=1S/C18H26O4/c1-17(2,13-20-12-14-8-6-5-7-9-14)16-10-15(11-19)21-18(3,4)22-16/h5-9,11,15-16H,10,12-13H2,1-4H3/t15-,16-/m1/s1. The fourth-order valence-electron chi connectivity index (χ4n) is 2.70. The molecule has 22 heavy (non-hydrogen) atoms. The van der Waals surface area contributed by atoms with Crippen LogP contribution in [-0.4, -0.2) is 30.9 Å². The molecule has 1 heterocycles. The molecule has 0 aromatic heterocycles. The third kappa shape index (κ3) is 4.63. The molecule has 0 spiro atoms. The smallest absolute Gasteiger partial charge is 0.164 e. The predicted octanol–water partition coefficient (Wildman–Crippen LogP) is 3.34. The van der Waals surface area contributed by atoms with Crippen LogP contribution < -0.4 is 0 Å². The summed E-state index contributed by atoms with van der Waals surface area (Å²) in [7, 11) is 0. The van der Waals surface area contributed by atoms with Crippen LogP contribution in [0.3, 0.4) is 0 Å². The highest BCUT2D eigenvalue weighted by atomic mass is 16.7. The van der Waals surface area contributed by atoms with Gasteiger partial charge in [-0.05, 0) is 19.4 Å². The largest absolute Gasteiger partial charge is 0.376 e. The maximum absolute atomic E-state index is 11.1. The molecule has 1 aromatic rings. The number of hydrogen-bond acceptors (Lipinski definition) is 4. The summed E-state index contributed by atoms with van der Waals surface area (Å²) in [4.78, 5) is 11.1. The van der Waals surface area contributed by atoms with E-state index in [4.69, 9.17) is 14.2 Å². The first kappa shape index (κ1) is 17.1. The Morgan fingerprint density at radius 1 is 1.27 bits per heavy atom. The minimum atomic E-state index is -0.745. The van der Waals surface area contributed by atoms with Gasteiger partial charge in [0.25, 0.3) is 0 Å². The summed E-state index contributed by atoms with van der Waals surface area (Å²) >= 11 is 0. The van der Waals surface area contributed by atoms with Crippen LogP contribution in [0.5, 0.6) is 0 Å². The van der Waals surface area contributed by atoms with Crippen molar-refractivity contribution in [2.45, 2.75) is 58.7 Å². The molecular weight excluding hydrogens is 280 g/mol. The Kier molecular flexibility index (Phi) is 5.37. The molecule has 2 atom stereocenters. The molecule has 4 nitrogen and oxygen atoms in total. The summed E-state index contributed by atoms with van der Waals surface area (Å²) in [6, 6.07) is 10.1. The summed E-state index contributed by atoms with van der Waals surface area (Å²) < 4.78 is 17.5. The monoisotopic (exact) mass is 306 g/mol. The minimum Gasteiger partial charge on any atom is -0.376 e. The van der Waals surface area contributed by atoms with Crippen LogP contribution in [0.4, 0.5) is 0 Å². The van der Waals surface area contributed by atoms with E-state index in [2.05, 4.69) is 13.8 Å². The van der Waals surface area contributed by atoms with Gasteiger partial charge in [0, 0.05) is 11.8 Å². The van der Waals surface area contributed by atoms with Crippen LogP contribution in [-0.2, 0) is 25.6 Å². The summed E-state index contributed by atoms with van der Waals surface area (Å²) in [5.74, 6) is -0.745. The zero-order chi connectivity index (χ0) is 16.2. The molecule has 1 fully saturated rings. The average molecular weight is 306 g/mol. The molecule has 122 valence electrons. The Labute approximate surface area is 132 Å². The predicted molar refractivity (Wildman–Crippen MR) is 84.4 cm³/mol. The van der Waals surface area contributed by atoms with Gasteiger partial charge in [-0.25, -0.2) is 0 Å². The Morgan fingerprint density at radius 2 is 1.95 bits per heavy atom. The van der Waals surface area contributed by atoms with Gasteiger partial charge in [0.15, 0.2) is 5.79 Å². The molecule has 0 aliphatic carbocycles. The second-order valence-electron chi connectivity index (χ2n) is 7.00. The van der Waals surface area contributed by atoms with Gasteiger partial charge in [0.1, 0.15) is 12.4 Å². The molecule has 0 saturated carbocycles. The fraction of sp³-hybridized carbons (Fsp3) is 0.611. The number of rotatable bonds is 6. The number of aldehydes is 1. The molecule has 1 aliphatic heterocycles. The van der Waals surface area contributed by atoms with Crippen LogP contribution in [0.25, 0.3) is 0 Å². The second kappa shape index (κ2) is 6.90. The lowest BCUT2D eigenvalue weighted by Gasteiger charge is -2.45. The highest BCUT2D eigenvalue weighted by Crippen LogP contribution is 2.36. The quantitative estimate of drug-likeness (QED) is 0.756. The number of benzene rings is 1. The van der Waals surface area contributed by atoms with E-state index in [1.54, 1.807) is 0 Å². The van der Waals surface area contributed by atoms with Crippen molar-refractivity contribution in [3.8, 4) is 0 Å². The Bertz CT molecular complexity index is 481. The van der Waals surface area contributed by atoms with E-state index in [9.17, 15) is 4.79 Å². The van der Waals surface area contributed by atoms with Crippen molar-refractivity contribution in [2.24, 2.45) is 5.41 Å². The zero-order valence-electron chi connectivity index (χ0n) is 13.9. The maximum atomic E-state index is 11.1. The van der Waals surface area contributed by atoms with Crippen molar-refractivity contribution in [3.05, 3.63) is 35.9 Å². The lowest BCUT2D eigenvalue weighted by atomic mass is 9.83. The van der Waals surface area contributed by atoms with E-state index in [1.165, 1.54) is 0 Å². The molecule has 0 bridgehead atoms. The minimum absolute atomic E-state index is 0.0813. The number of carbonyl (C=O) groups is 1. The molecule has 1 saturated heterocycles. The molecule has 1 aliphatic rings. The van der Waals surface area contributed by atoms with Crippen molar-refractivity contribution in [3.63, 3.8) is 0 Å². The summed E-state index contributed by atoms with van der Waals surface area (Å²) in [5, 5.41) is 0. The van der Waals surface area contributed by atoms with E-state index < -0.39 is 11.9 Å². The van der Waals surface area contributed by atoms with Gasteiger partial charge in [-0.1, -0.05) is 44.2 Å². The van der Waals surface area contributed by atoms with Crippen LogP contribution in [0, 0.1) is 5.41 Å². The summed E-state index contributed by atoms with van der Waals surface area (Å²) in [6.45, 7) is 9.03. The van der Waals surface area contributed by atoms with Gasteiger partial charge in [0.05, 0.1) is 19.3 Å². The number of ether oxygens (including phenoxy) is 3. The lowest BCUT2D eigenvalue weighted by Crippen LogP contribution is -2.51. The van der Waals surface area contributed by atoms with Crippen molar-refractivity contribution < 1.29 is 19.0 Å². The van der Waals surface area contributed by atoms with Crippen molar-refractivity contribution in [1.82, 2.24) is 0 Å². The van der Waals surface area contributed by atoms with Crippen LogP contribution in [0.1, 0.15) is 39.7 Å². The third-order valence-corrected chi connectivity index (χ3v) is 3.92. The average Bonchev–Trinajstić information content (AvgIpc) is 2.46. The van der Waals surface area contributed by atoms with Crippen LogP contribution in [0.2, 0.25) is 0 Å². The van der Waals surface area contributed by atoms with Crippen molar-refractivity contribution in [1.29, 1.82) is 0 Å². The van der Waals surface area contributed by atoms with Gasteiger partial charge in [-0.3, -0.25) is 0 Å². The van der Waals surface area contributed by atoms with Gasteiger partial charge in [0.2, 0.25) is 0 Å². The van der Waals surface area contributed by atoms with Gasteiger partial charge in [-0.15, -0.1) is 0 Å². The molecule has 2 rings (SSSR count). The van der Waals surface area contributed by atoms with Gasteiger partial charge >= 0.3 is 0 Å². The molecule has 0 radical (unpaired) electrons. The second-order valence-corrected chi connectivity index (χ2v) is 7.00. The fourth-order valence-corrected chi connectivity index (χ4v) is 2.70. The zero-order valence-corrected chi connectivity index (χ0v) is 13.9. The SMILES string of the molecule is CC1(C)O[C@@H](C=O)C[C@H](C(C)(C)COCc2ccccc2)O1. The first-order chi connectivity index (χ1) is 10.3. The first-order valence-electron chi connectivity index (χ1n) is 7.75. The molecule has 1 aromatic carbocycles. The molecule has 0 unspecified atom stereocenters. The molecule has 4 heteroatoms. The highest BCUT2D eigenvalue weighted by Gasteiger charge is 2.42. The Morgan fingerprint density at radius 3 is 2.59 bits per heavy atom. The van der Waals surface area contributed by atoms with E-state index in [-0.39, 0.29) is 11.5 Å². The third-order valence-electron chi connectivity index (χ3n) is 3.92. The number of carbonyl (C=O) groups excluding carboxylic acids is 1. The van der Waals surface area contributed by atoms with Crippen molar-refractivity contribution in [2.75, 3.05) is 6.61 Å². The normalized spacial score (nSPS) is 24.9. The molecular formula is C18H26O4. The van der Waals surface area contributed by atoms with Gasteiger partial charge < -0.3 is 19.0 Å². The maximum Gasteiger partial charge on any atom is 0.164 e. The molecule has 0 N–H and O–H groups in total. The lowest BCUT2D eigenvalue weighted by molar-refractivity contribution is -0.310. The molecule has 0 amide bonds. The van der Waals surface area contributed by atoms with Crippen LogP contribution >= 0.6 is 0 Å².